The molecule has 0 saturated heterocycles. The number of carboxylic acid groups (broad SMARTS) is 1. The lowest BCUT2D eigenvalue weighted by molar-refractivity contribution is -0.138. The minimum atomic E-state index is -4.51. The van der Waals surface area contributed by atoms with Gasteiger partial charge in [-0.1, -0.05) is 6.07 Å². The van der Waals surface area contributed by atoms with E-state index in [2.05, 4.69) is 10.6 Å². The van der Waals surface area contributed by atoms with Crippen LogP contribution in [0.3, 0.4) is 0 Å². The van der Waals surface area contributed by atoms with Crippen LogP contribution >= 0.6 is 0 Å². The molecular formula is C19H17F3N2O4. The Hall–Kier alpha value is -3.36. The first kappa shape index (κ1) is 20.9. The fraction of sp³-hybridized carbons (Fsp3) is 0.211. The molecule has 28 heavy (non-hydrogen) atoms. The van der Waals surface area contributed by atoms with E-state index in [1.54, 1.807) is 0 Å². The number of hydrogen-bond acceptors (Lipinski definition) is 3. The second-order valence-electron chi connectivity index (χ2n) is 5.91. The Morgan fingerprint density at radius 2 is 1.57 bits per heavy atom. The fourth-order valence-corrected chi connectivity index (χ4v) is 2.31. The molecule has 0 fully saturated rings. The van der Waals surface area contributed by atoms with E-state index in [9.17, 15) is 27.6 Å². The molecular weight excluding hydrogens is 377 g/mol. The van der Waals surface area contributed by atoms with Gasteiger partial charge in [0, 0.05) is 29.8 Å². The van der Waals surface area contributed by atoms with Crippen molar-refractivity contribution < 1.29 is 32.7 Å². The van der Waals surface area contributed by atoms with Crippen molar-refractivity contribution in [1.82, 2.24) is 0 Å². The summed E-state index contributed by atoms with van der Waals surface area (Å²) in [5.74, 6) is -1.94. The lowest BCUT2D eigenvalue weighted by Crippen LogP contribution is -2.14. The Balaban J connectivity index is 1.95. The van der Waals surface area contributed by atoms with E-state index in [-0.39, 0.29) is 36.4 Å². The molecule has 2 aromatic carbocycles. The molecule has 0 saturated carbocycles. The van der Waals surface area contributed by atoms with Gasteiger partial charge < -0.3 is 15.7 Å². The predicted octanol–water partition coefficient (Wildman–Crippen LogP) is 4.15. The van der Waals surface area contributed by atoms with Crippen LogP contribution in [0.5, 0.6) is 0 Å². The number of amides is 2. The summed E-state index contributed by atoms with van der Waals surface area (Å²) in [4.78, 5) is 34.3. The molecule has 9 heteroatoms. The van der Waals surface area contributed by atoms with Crippen LogP contribution in [0.15, 0.2) is 48.5 Å². The van der Waals surface area contributed by atoms with Gasteiger partial charge in [0.15, 0.2) is 0 Å². The number of halogens is 3. The molecule has 0 unspecified atom stereocenters. The van der Waals surface area contributed by atoms with E-state index in [0.29, 0.717) is 5.69 Å². The van der Waals surface area contributed by atoms with E-state index in [0.717, 1.165) is 12.1 Å². The molecule has 148 valence electrons. The summed E-state index contributed by atoms with van der Waals surface area (Å²) < 4.78 is 38.2. The Morgan fingerprint density at radius 3 is 2.18 bits per heavy atom. The molecule has 0 aromatic heterocycles. The van der Waals surface area contributed by atoms with Gasteiger partial charge >= 0.3 is 12.1 Å². The number of rotatable bonds is 7. The Kier molecular flexibility index (Phi) is 6.75. The van der Waals surface area contributed by atoms with Crippen LogP contribution in [-0.4, -0.2) is 22.9 Å². The first-order valence-corrected chi connectivity index (χ1v) is 8.25. The van der Waals surface area contributed by atoms with Crippen LogP contribution in [0.4, 0.5) is 24.5 Å². The van der Waals surface area contributed by atoms with Gasteiger partial charge in [-0.25, -0.2) is 0 Å². The summed E-state index contributed by atoms with van der Waals surface area (Å²) in [6.07, 6.45) is -4.37. The highest BCUT2D eigenvalue weighted by Crippen LogP contribution is 2.30. The van der Waals surface area contributed by atoms with Gasteiger partial charge in [-0.2, -0.15) is 13.2 Å². The number of benzene rings is 2. The molecule has 6 nitrogen and oxygen atoms in total. The lowest BCUT2D eigenvalue weighted by atomic mass is 10.1. The van der Waals surface area contributed by atoms with E-state index >= 15 is 0 Å². The van der Waals surface area contributed by atoms with Crippen molar-refractivity contribution in [3.8, 4) is 0 Å². The Labute approximate surface area is 158 Å². The average molecular weight is 394 g/mol. The maximum Gasteiger partial charge on any atom is 0.416 e. The third-order valence-electron chi connectivity index (χ3n) is 3.67. The lowest BCUT2D eigenvalue weighted by Gasteiger charge is -2.10. The van der Waals surface area contributed by atoms with Crippen molar-refractivity contribution in [2.45, 2.75) is 25.4 Å². The number of carboxylic acids is 1. The zero-order valence-corrected chi connectivity index (χ0v) is 14.5. The highest BCUT2D eigenvalue weighted by atomic mass is 19.4. The Morgan fingerprint density at radius 1 is 0.893 bits per heavy atom. The number of anilines is 2. The normalized spacial score (nSPS) is 11.0. The number of aliphatic carboxylic acids is 1. The molecule has 0 aliphatic carbocycles. The largest absolute Gasteiger partial charge is 0.481 e. The van der Waals surface area contributed by atoms with Crippen molar-refractivity contribution in [3.05, 3.63) is 59.7 Å². The Bertz CT molecular complexity index is 864. The van der Waals surface area contributed by atoms with Gasteiger partial charge in [0.2, 0.25) is 5.91 Å². The summed E-state index contributed by atoms with van der Waals surface area (Å²) in [6.45, 7) is 0. The zero-order valence-electron chi connectivity index (χ0n) is 14.5. The SMILES string of the molecule is O=C(O)CCCC(=O)Nc1ccc(C(=O)Nc2cccc(C(F)(F)F)c2)cc1. The highest BCUT2D eigenvalue weighted by Gasteiger charge is 2.30. The fourth-order valence-electron chi connectivity index (χ4n) is 2.31. The van der Waals surface area contributed by atoms with Gasteiger partial charge in [-0.3, -0.25) is 14.4 Å². The molecule has 0 bridgehead atoms. The van der Waals surface area contributed by atoms with Crippen LogP contribution in [-0.2, 0) is 15.8 Å². The van der Waals surface area contributed by atoms with Crippen LogP contribution < -0.4 is 10.6 Å². The first-order chi connectivity index (χ1) is 13.1. The van der Waals surface area contributed by atoms with Gasteiger partial charge in [-0.05, 0) is 48.9 Å². The van der Waals surface area contributed by atoms with Crippen LogP contribution in [0.2, 0.25) is 0 Å². The zero-order chi connectivity index (χ0) is 20.7. The number of carbonyl (C=O) groups is 3. The van der Waals surface area contributed by atoms with Crippen molar-refractivity contribution in [2.75, 3.05) is 10.6 Å². The van der Waals surface area contributed by atoms with Gasteiger partial charge in [0.05, 0.1) is 5.56 Å². The monoisotopic (exact) mass is 394 g/mol. The van der Waals surface area contributed by atoms with Crippen LogP contribution in [0.25, 0.3) is 0 Å². The van der Waals surface area contributed by atoms with Crippen molar-refractivity contribution in [1.29, 1.82) is 0 Å². The average Bonchev–Trinajstić information content (AvgIpc) is 2.61. The van der Waals surface area contributed by atoms with E-state index in [1.807, 2.05) is 0 Å². The minimum Gasteiger partial charge on any atom is -0.481 e. The molecule has 3 N–H and O–H groups in total. The van der Waals surface area contributed by atoms with Crippen LogP contribution in [0.1, 0.15) is 35.2 Å². The maximum atomic E-state index is 12.7. The molecule has 2 amide bonds. The molecule has 0 aliphatic rings. The molecule has 2 aromatic rings. The van der Waals surface area contributed by atoms with Gasteiger partial charge in [-0.15, -0.1) is 0 Å². The topological polar surface area (TPSA) is 95.5 Å². The highest BCUT2D eigenvalue weighted by molar-refractivity contribution is 6.04. The number of hydrogen-bond donors (Lipinski definition) is 3. The molecule has 0 spiro atoms. The second kappa shape index (κ2) is 9.03. The predicted molar refractivity (Wildman–Crippen MR) is 96.0 cm³/mol. The molecule has 0 atom stereocenters. The third kappa shape index (κ3) is 6.42. The minimum absolute atomic E-state index is 0.00985. The first-order valence-electron chi connectivity index (χ1n) is 8.25. The summed E-state index contributed by atoms with van der Waals surface area (Å²) in [6, 6.07) is 10.0. The van der Waals surface area contributed by atoms with Crippen LogP contribution in [0, 0.1) is 0 Å². The van der Waals surface area contributed by atoms with Gasteiger partial charge in [0.1, 0.15) is 0 Å². The standard InChI is InChI=1S/C19H17F3N2O4/c20-19(21,22)13-3-1-4-15(11-13)24-18(28)12-7-9-14(10-8-12)23-16(25)5-2-6-17(26)27/h1,3-4,7-11H,2,5-6H2,(H,23,25)(H,24,28)(H,26,27). The smallest absolute Gasteiger partial charge is 0.416 e. The molecule has 0 aliphatic heterocycles. The van der Waals surface area contributed by atoms with E-state index in [1.165, 1.54) is 36.4 Å². The van der Waals surface area contributed by atoms with Gasteiger partial charge in [0.25, 0.3) is 5.91 Å². The van der Waals surface area contributed by atoms with Crippen molar-refractivity contribution in [3.63, 3.8) is 0 Å². The summed E-state index contributed by atoms with van der Waals surface area (Å²) >= 11 is 0. The second-order valence-corrected chi connectivity index (χ2v) is 5.91. The van der Waals surface area contributed by atoms with E-state index < -0.39 is 23.6 Å². The van der Waals surface area contributed by atoms with E-state index in [4.69, 9.17) is 5.11 Å². The number of alkyl halides is 3. The third-order valence-corrected chi connectivity index (χ3v) is 3.67. The quantitative estimate of drug-likeness (QED) is 0.657. The number of nitrogens with one attached hydrogen (secondary N) is 2. The van der Waals surface area contributed by atoms with Crippen molar-refractivity contribution >= 4 is 29.2 Å². The van der Waals surface area contributed by atoms with Crippen molar-refractivity contribution in [2.24, 2.45) is 0 Å². The molecule has 0 radical (unpaired) electrons. The summed E-state index contributed by atoms with van der Waals surface area (Å²) in [5.41, 5.74) is -0.251. The summed E-state index contributed by atoms with van der Waals surface area (Å²) in [5, 5.41) is 13.5. The maximum absolute atomic E-state index is 12.7. The number of carbonyl (C=O) groups excluding carboxylic acids is 2. The summed E-state index contributed by atoms with van der Waals surface area (Å²) in [7, 11) is 0. The molecule has 2 rings (SSSR count). The molecule has 0 heterocycles.